The van der Waals surface area contributed by atoms with E-state index in [1.54, 1.807) is 36.7 Å². The maximum Gasteiger partial charge on any atom is 0.214 e. The number of benzene rings is 1. The highest BCUT2D eigenvalue weighted by Crippen LogP contribution is 2.29. The van der Waals surface area contributed by atoms with E-state index in [9.17, 15) is 4.79 Å². The molecule has 0 aliphatic rings. The van der Waals surface area contributed by atoms with E-state index in [0.29, 0.717) is 16.6 Å². The van der Waals surface area contributed by atoms with Crippen molar-refractivity contribution in [2.45, 2.75) is 26.9 Å². The Labute approximate surface area is 123 Å². The van der Waals surface area contributed by atoms with E-state index in [1.807, 2.05) is 20.8 Å². The fraction of sp³-hybridized carbons (Fsp3) is 0.333. The van der Waals surface area contributed by atoms with E-state index < -0.39 is 11.5 Å². The molecule has 106 valence electrons. The number of nitrogens with zero attached hydrogens (tertiary/aromatic N) is 1. The van der Waals surface area contributed by atoms with Crippen LogP contribution >= 0.6 is 11.6 Å². The number of hydrogen-bond acceptors (Lipinski definition) is 3. The van der Waals surface area contributed by atoms with E-state index in [-0.39, 0.29) is 5.78 Å². The van der Waals surface area contributed by atoms with Crippen LogP contribution in [0, 0.1) is 5.41 Å². The van der Waals surface area contributed by atoms with Gasteiger partial charge in [-0.15, -0.1) is 0 Å². The van der Waals surface area contributed by atoms with Crippen LogP contribution in [0.1, 0.15) is 32.7 Å². The van der Waals surface area contributed by atoms with Crippen molar-refractivity contribution in [3.05, 3.63) is 47.5 Å². The van der Waals surface area contributed by atoms with Crippen LogP contribution in [-0.2, 0) is 4.79 Å². The van der Waals surface area contributed by atoms with Gasteiger partial charge < -0.3 is 9.72 Å². The molecule has 0 unspecified atom stereocenters. The molecular weight excluding hydrogens is 276 g/mol. The first-order valence-corrected chi connectivity index (χ1v) is 6.71. The molecule has 1 aromatic heterocycles. The molecule has 1 atom stereocenters. The van der Waals surface area contributed by atoms with E-state index >= 15 is 0 Å². The van der Waals surface area contributed by atoms with Gasteiger partial charge in [0.05, 0.1) is 0 Å². The highest BCUT2D eigenvalue weighted by Gasteiger charge is 2.34. The summed E-state index contributed by atoms with van der Waals surface area (Å²) < 4.78 is 5.80. The third-order valence-corrected chi connectivity index (χ3v) is 3.06. The first kappa shape index (κ1) is 14.6. The van der Waals surface area contributed by atoms with Crippen LogP contribution in [0.3, 0.4) is 0 Å². The highest BCUT2D eigenvalue weighted by molar-refractivity contribution is 6.30. The van der Waals surface area contributed by atoms with Crippen molar-refractivity contribution in [2.24, 2.45) is 5.41 Å². The summed E-state index contributed by atoms with van der Waals surface area (Å²) >= 11 is 5.84. The largest absolute Gasteiger partial charge is 0.475 e. The zero-order valence-corrected chi connectivity index (χ0v) is 12.4. The summed E-state index contributed by atoms with van der Waals surface area (Å²) in [7, 11) is 0. The normalized spacial score (nSPS) is 13.0. The van der Waals surface area contributed by atoms with Crippen molar-refractivity contribution in [1.29, 1.82) is 0 Å². The van der Waals surface area contributed by atoms with Gasteiger partial charge in [-0.1, -0.05) is 32.4 Å². The Morgan fingerprint density at radius 1 is 1.30 bits per heavy atom. The highest BCUT2D eigenvalue weighted by atomic mass is 35.5. The number of Topliss-reactive ketones (excluding diaryl/α,β-unsaturated/α-hetero) is 1. The van der Waals surface area contributed by atoms with Gasteiger partial charge in [0.2, 0.25) is 6.10 Å². The number of rotatable bonds is 4. The van der Waals surface area contributed by atoms with Gasteiger partial charge in [0.25, 0.3) is 0 Å². The van der Waals surface area contributed by atoms with Crippen molar-refractivity contribution >= 4 is 17.4 Å². The Morgan fingerprint density at radius 3 is 2.45 bits per heavy atom. The van der Waals surface area contributed by atoms with Crippen LogP contribution in [0.2, 0.25) is 5.02 Å². The molecule has 0 saturated carbocycles. The summed E-state index contributed by atoms with van der Waals surface area (Å²) in [5.74, 6) is 1.04. The molecule has 5 heteroatoms. The van der Waals surface area contributed by atoms with Crippen LogP contribution in [0.15, 0.2) is 36.7 Å². The van der Waals surface area contributed by atoms with E-state index in [1.165, 1.54) is 0 Å². The number of ketones is 1. The zero-order valence-electron chi connectivity index (χ0n) is 11.7. The molecule has 0 aliphatic carbocycles. The predicted molar refractivity (Wildman–Crippen MR) is 77.9 cm³/mol. The molecule has 2 aromatic rings. The molecule has 0 amide bonds. The minimum atomic E-state index is -0.758. The van der Waals surface area contributed by atoms with Gasteiger partial charge in [-0.25, -0.2) is 4.98 Å². The first-order valence-electron chi connectivity index (χ1n) is 6.34. The van der Waals surface area contributed by atoms with Gasteiger partial charge in [-0.2, -0.15) is 0 Å². The second-order valence-electron chi connectivity index (χ2n) is 5.54. The summed E-state index contributed by atoms with van der Waals surface area (Å²) in [5.41, 5.74) is -0.524. The Morgan fingerprint density at radius 2 is 1.95 bits per heavy atom. The number of halogens is 1. The lowest BCUT2D eigenvalue weighted by Crippen LogP contribution is -2.31. The predicted octanol–water partition coefficient (Wildman–Crippen LogP) is 3.80. The summed E-state index contributed by atoms with van der Waals surface area (Å²) in [6, 6.07) is 6.90. The molecule has 0 bridgehead atoms. The van der Waals surface area contributed by atoms with Crippen molar-refractivity contribution < 1.29 is 9.53 Å². The SMILES string of the molecule is CC(C)(C)C(=O)[C@@H](Oc1ccc(Cl)cc1)c1ncc[nH]1. The van der Waals surface area contributed by atoms with Crippen molar-refractivity contribution in [1.82, 2.24) is 9.97 Å². The zero-order chi connectivity index (χ0) is 14.8. The van der Waals surface area contributed by atoms with Gasteiger partial charge >= 0.3 is 0 Å². The molecular formula is C15H17ClN2O2. The Hall–Kier alpha value is -1.81. The fourth-order valence-electron chi connectivity index (χ4n) is 1.70. The number of hydrogen-bond donors (Lipinski definition) is 1. The Balaban J connectivity index is 2.28. The number of nitrogens with one attached hydrogen (secondary N) is 1. The monoisotopic (exact) mass is 292 g/mol. The minimum Gasteiger partial charge on any atom is -0.475 e. The summed E-state index contributed by atoms with van der Waals surface area (Å²) in [5, 5.41) is 0.619. The second-order valence-corrected chi connectivity index (χ2v) is 5.98. The number of carbonyl (C=O) groups is 1. The molecule has 1 N–H and O–H groups in total. The van der Waals surface area contributed by atoms with Crippen molar-refractivity contribution in [3.8, 4) is 5.75 Å². The fourth-order valence-corrected chi connectivity index (χ4v) is 1.82. The smallest absolute Gasteiger partial charge is 0.214 e. The van der Waals surface area contributed by atoms with Gasteiger partial charge in [-0.3, -0.25) is 4.79 Å². The summed E-state index contributed by atoms with van der Waals surface area (Å²) in [6.07, 6.45) is 2.51. The minimum absolute atomic E-state index is 0.0394. The van der Waals surface area contributed by atoms with Crippen LogP contribution in [0.4, 0.5) is 0 Å². The van der Waals surface area contributed by atoms with Gasteiger partial charge in [0.15, 0.2) is 11.6 Å². The molecule has 0 spiro atoms. The quantitative estimate of drug-likeness (QED) is 0.932. The van der Waals surface area contributed by atoms with Gasteiger partial charge in [-0.05, 0) is 24.3 Å². The lowest BCUT2D eigenvalue weighted by molar-refractivity contribution is -0.134. The van der Waals surface area contributed by atoms with E-state index in [4.69, 9.17) is 16.3 Å². The molecule has 0 fully saturated rings. The van der Waals surface area contributed by atoms with Crippen molar-refractivity contribution in [3.63, 3.8) is 0 Å². The van der Waals surface area contributed by atoms with E-state index in [2.05, 4.69) is 9.97 Å². The lowest BCUT2D eigenvalue weighted by atomic mass is 9.87. The third-order valence-electron chi connectivity index (χ3n) is 2.81. The second kappa shape index (κ2) is 5.67. The van der Waals surface area contributed by atoms with Gasteiger partial charge in [0, 0.05) is 22.8 Å². The van der Waals surface area contributed by atoms with Crippen LogP contribution in [0.25, 0.3) is 0 Å². The molecule has 1 heterocycles. The maximum atomic E-state index is 12.5. The van der Waals surface area contributed by atoms with Crippen LogP contribution in [0.5, 0.6) is 5.75 Å². The maximum absolute atomic E-state index is 12.5. The standard InChI is InChI=1S/C15H17ClN2O2/c1-15(2,3)13(19)12(14-17-8-9-18-14)20-11-6-4-10(16)5-7-11/h4-9,12H,1-3H3,(H,17,18)/t12-/m1/s1. The molecule has 1 aromatic carbocycles. The molecule has 4 nitrogen and oxygen atoms in total. The number of aromatic nitrogens is 2. The van der Waals surface area contributed by atoms with E-state index in [0.717, 1.165) is 0 Å². The molecule has 0 saturated heterocycles. The number of imidazole rings is 1. The van der Waals surface area contributed by atoms with Crippen LogP contribution < -0.4 is 4.74 Å². The lowest BCUT2D eigenvalue weighted by Gasteiger charge is -2.24. The summed E-state index contributed by atoms with van der Waals surface area (Å²) in [6.45, 7) is 5.57. The van der Waals surface area contributed by atoms with Crippen molar-refractivity contribution in [2.75, 3.05) is 0 Å². The first-order chi connectivity index (χ1) is 9.38. The Kier molecular flexibility index (Phi) is 4.14. The van der Waals surface area contributed by atoms with Gasteiger partial charge in [0.1, 0.15) is 5.75 Å². The number of H-pyrrole nitrogens is 1. The number of carbonyl (C=O) groups excluding carboxylic acids is 1. The third kappa shape index (κ3) is 3.39. The average molecular weight is 293 g/mol. The Bertz CT molecular complexity index is 571. The number of ether oxygens (including phenoxy) is 1. The number of aromatic amines is 1. The molecule has 20 heavy (non-hydrogen) atoms. The molecule has 0 aliphatic heterocycles. The molecule has 0 radical (unpaired) electrons. The summed E-state index contributed by atoms with van der Waals surface area (Å²) in [4.78, 5) is 19.6. The average Bonchev–Trinajstić information content (AvgIpc) is 2.90. The van der Waals surface area contributed by atoms with Crippen LogP contribution in [-0.4, -0.2) is 15.8 Å². The molecule has 2 rings (SSSR count). The topological polar surface area (TPSA) is 55.0 Å².